The third-order valence-corrected chi connectivity index (χ3v) is 4.78. The van der Waals surface area contributed by atoms with Gasteiger partial charge in [-0.15, -0.1) is 24.0 Å². The highest BCUT2D eigenvalue weighted by molar-refractivity contribution is 14.0. The quantitative estimate of drug-likeness (QED) is 0.363. The molecule has 0 atom stereocenters. The minimum atomic E-state index is -0.205. The van der Waals surface area contributed by atoms with Crippen LogP contribution in [-0.4, -0.2) is 72.2 Å². The van der Waals surface area contributed by atoms with Gasteiger partial charge in [-0.3, -0.25) is 14.5 Å². The van der Waals surface area contributed by atoms with Gasteiger partial charge in [-0.25, -0.2) is 4.39 Å². The van der Waals surface area contributed by atoms with E-state index in [0.717, 1.165) is 11.3 Å². The predicted molar refractivity (Wildman–Crippen MR) is 127 cm³/mol. The lowest BCUT2D eigenvalue weighted by Crippen LogP contribution is -2.55. The Hall–Kier alpha value is -2.21. The maximum absolute atomic E-state index is 14.0. The van der Waals surface area contributed by atoms with Gasteiger partial charge in [-0.1, -0.05) is 6.07 Å². The molecule has 1 N–H and O–H groups in total. The summed E-state index contributed by atoms with van der Waals surface area (Å²) in [6.45, 7) is 2.51. The van der Waals surface area contributed by atoms with Gasteiger partial charge in [0.2, 0.25) is 5.91 Å². The lowest BCUT2D eigenvalue weighted by molar-refractivity contribution is -0.120. The molecule has 0 aliphatic carbocycles. The topological polar surface area (TPSA) is 69.0 Å². The molecule has 1 aromatic carbocycles. The Morgan fingerprint density at radius 3 is 2.70 bits per heavy atom. The van der Waals surface area contributed by atoms with E-state index >= 15 is 0 Å². The molecular weight excluding hydrogens is 500 g/mol. The first-order valence-electron chi connectivity index (χ1n) is 9.54. The zero-order chi connectivity index (χ0) is 21.0. The molecule has 1 aromatic heterocycles. The lowest BCUT2D eigenvalue weighted by Gasteiger charge is -2.35. The van der Waals surface area contributed by atoms with E-state index in [0.29, 0.717) is 37.7 Å². The first kappa shape index (κ1) is 24.1. The van der Waals surface area contributed by atoms with Crippen molar-refractivity contribution in [1.82, 2.24) is 24.9 Å². The van der Waals surface area contributed by atoms with E-state index in [1.807, 2.05) is 43.2 Å². The molecule has 0 unspecified atom stereocenters. The zero-order valence-electron chi connectivity index (χ0n) is 17.8. The molecule has 30 heavy (non-hydrogen) atoms. The van der Waals surface area contributed by atoms with Crippen LogP contribution in [0.4, 0.5) is 10.1 Å². The van der Waals surface area contributed by atoms with Crippen LogP contribution in [0.15, 0.2) is 35.6 Å². The molecule has 0 saturated carbocycles. The number of piperazine rings is 1. The van der Waals surface area contributed by atoms with Gasteiger partial charge >= 0.3 is 0 Å². The molecular formula is C20H29FIN7O. The molecule has 1 aliphatic heterocycles. The summed E-state index contributed by atoms with van der Waals surface area (Å²) in [4.78, 5) is 22.5. The fraction of sp³-hybridized carbons (Fsp3) is 0.450. The van der Waals surface area contributed by atoms with Crippen molar-refractivity contribution in [2.75, 3.05) is 45.7 Å². The fourth-order valence-electron chi connectivity index (χ4n) is 3.39. The Kier molecular flexibility index (Phi) is 8.59. The molecule has 1 saturated heterocycles. The van der Waals surface area contributed by atoms with Crippen molar-refractivity contribution in [3.63, 3.8) is 0 Å². The molecule has 1 amide bonds. The molecule has 3 rings (SSSR count). The second-order valence-electron chi connectivity index (χ2n) is 7.40. The maximum Gasteiger partial charge on any atom is 0.246 e. The summed E-state index contributed by atoms with van der Waals surface area (Å²) in [5.41, 5.74) is 2.43. The molecule has 8 nitrogen and oxygen atoms in total. The largest absolute Gasteiger partial charge is 0.352 e. The number of rotatable bonds is 5. The SMILES string of the molecule is CN=C(NCc1ccc(F)c(CN(C)C)c1)N1CCN(c2cnn(C)c2)C(=O)C1.I. The van der Waals surface area contributed by atoms with Crippen molar-refractivity contribution in [2.24, 2.45) is 12.0 Å². The van der Waals surface area contributed by atoms with E-state index in [1.54, 1.807) is 28.9 Å². The number of guanidine groups is 1. The molecule has 0 spiro atoms. The number of nitrogens with one attached hydrogen (secondary N) is 1. The summed E-state index contributed by atoms with van der Waals surface area (Å²) in [7, 11) is 7.35. The van der Waals surface area contributed by atoms with Crippen LogP contribution < -0.4 is 10.2 Å². The van der Waals surface area contributed by atoms with Crippen molar-refractivity contribution in [1.29, 1.82) is 0 Å². The number of hydrogen-bond acceptors (Lipinski definition) is 4. The van der Waals surface area contributed by atoms with Crippen molar-refractivity contribution in [3.8, 4) is 0 Å². The highest BCUT2D eigenvalue weighted by atomic mass is 127. The number of halogens is 2. The van der Waals surface area contributed by atoms with Crippen molar-refractivity contribution in [2.45, 2.75) is 13.1 Å². The van der Waals surface area contributed by atoms with Crippen LogP contribution in [0.2, 0.25) is 0 Å². The van der Waals surface area contributed by atoms with E-state index in [2.05, 4.69) is 15.4 Å². The third kappa shape index (κ3) is 5.91. The monoisotopic (exact) mass is 529 g/mol. The van der Waals surface area contributed by atoms with Crippen molar-refractivity contribution in [3.05, 3.63) is 47.5 Å². The fourth-order valence-corrected chi connectivity index (χ4v) is 3.39. The molecule has 1 fully saturated rings. The van der Waals surface area contributed by atoms with Crippen LogP contribution in [0, 0.1) is 5.82 Å². The van der Waals surface area contributed by atoms with Crippen LogP contribution in [0.3, 0.4) is 0 Å². The van der Waals surface area contributed by atoms with Crippen molar-refractivity contribution >= 4 is 41.5 Å². The average Bonchev–Trinajstić information content (AvgIpc) is 3.10. The van der Waals surface area contributed by atoms with Gasteiger partial charge in [-0.2, -0.15) is 5.10 Å². The molecule has 2 heterocycles. The Labute approximate surface area is 193 Å². The highest BCUT2D eigenvalue weighted by Gasteiger charge is 2.27. The standard InChI is InChI=1S/C20H28FN7O.HI/c1-22-20(23-10-15-5-6-18(21)16(9-15)12-25(2)3)27-7-8-28(19(29)14-27)17-11-24-26(4)13-17;/h5-6,9,11,13H,7-8,10,12,14H2,1-4H3,(H,22,23);1H. The third-order valence-electron chi connectivity index (χ3n) is 4.78. The van der Waals surface area contributed by atoms with Gasteiger partial charge in [0.05, 0.1) is 11.9 Å². The van der Waals surface area contributed by atoms with Crippen LogP contribution in [0.5, 0.6) is 0 Å². The molecule has 1 aliphatic rings. The second kappa shape index (κ2) is 10.7. The van der Waals surface area contributed by atoms with Crippen LogP contribution in [0.1, 0.15) is 11.1 Å². The predicted octanol–water partition coefficient (Wildman–Crippen LogP) is 1.66. The Morgan fingerprint density at radius 2 is 2.10 bits per heavy atom. The minimum Gasteiger partial charge on any atom is -0.352 e. The molecule has 2 aromatic rings. The number of carbonyl (C=O) groups excluding carboxylic acids is 1. The minimum absolute atomic E-state index is 0. The van der Waals surface area contributed by atoms with Crippen LogP contribution in [-0.2, 0) is 24.9 Å². The zero-order valence-corrected chi connectivity index (χ0v) is 20.1. The summed E-state index contributed by atoms with van der Waals surface area (Å²) < 4.78 is 15.7. The summed E-state index contributed by atoms with van der Waals surface area (Å²) in [6, 6.07) is 5.12. The molecule has 164 valence electrons. The van der Waals surface area contributed by atoms with Gasteiger partial charge in [0.1, 0.15) is 12.4 Å². The van der Waals surface area contributed by atoms with E-state index < -0.39 is 0 Å². The summed E-state index contributed by atoms with van der Waals surface area (Å²) >= 11 is 0. The number of hydrogen-bond donors (Lipinski definition) is 1. The van der Waals surface area contributed by atoms with Gasteiger partial charge < -0.3 is 20.0 Å². The lowest BCUT2D eigenvalue weighted by atomic mass is 10.1. The summed E-state index contributed by atoms with van der Waals surface area (Å²) in [5, 5.41) is 7.42. The Morgan fingerprint density at radius 1 is 1.33 bits per heavy atom. The number of aromatic nitrogens is 2. The number of anilines is 1. The smallest absolute Gasteiger partial charge is 0.246 e. The first-order chi connectivity index (χ1) is 13.9. The van der Waals surface area contributed by atoms with Crippen LogP contribution >= 0.6 is 24.0 Å². The molecule has 0 radical (unpaired) electrons. The number of amides is 1. The first-order valence-corrected chi connectivity index (χ1v) is 9.54. The maximum atomic E-state index is 14.0. The van der Waals surface area contributed by atoms with Gasteiger partial charge in [0.25, 0.3) is 0 Å². The van der Waals surface area contributed by atoms with Gasteiger partial charge in [0, 0.05) is 52.0 Å². The number of carbonyl (C=O) groups is 1. The van der Waals surface area contributed by atoms with E-state index in [9.17, 15) is 9.18 Å². The normalized spacial score (nSPS) is 14.9. The highest BCUT2D eigenvalue weighted by Crippen LogP contribution is 2.16. The van der Waals surface area contributed by atoms with Crippen molar-refractivity contribution < 1.29 is 9.18 Å². The van der Waals surface area contributed by atoms with E-state index in [1.165, 1.54) is 6.07 Å². The molecule has 0 bridgehead atoms. The number of benzene rings is 1. The summed E-state index contributed by atoms with van der Waals surface area (Å²) in [6.07, 6.45) is 3.53. The van der Waals surface area contributed by atoms with Gasteiger partial charge in [-0.05, 0) is 31.8 Å². The summed E-state index contributed by atoms with van der Waals surface area (Å²) in [5.74, 6) is 0.453. The van der Waals surface area contributed by atoms with E-state index in [4.69, 9.17) is 0 Å². The molecule has 10 heteroatoms. The Balaban J connectivity index is 0.00000320. The average molecular weight is 529 g/mol. The second-order valence-corrected chi connectivity index (χ2v) is 7.40. The number of aryl methyl sites for hydroxylation is 1. The number of aliphatic imine (C=N–C) groups is 1. The van der Waals surface area contributed by atoms with E-state index in [-0.39, 0.29) is 42.2 Å². The van der Waals surface area contributed by atoms with Gasteiger partial charge in [0.15, 0.2) is 5.96 Å². The van der Waals surface area contributed by atoms with Crippen LogP contribution in [0.25, 0.3) is 0 Å². The number of nitrogens with zero attached hydrogens (tertiary/aromatic N) is 6. The Bertz CT molecular complexity index is 899.